The molecule has 0 aromatic heterocycles. The molecule has 84 valence electrons. The summed E-state index contributed by atoms with van der Waals surface area (Å²) in [6.45, 7) is 3.47. The Hall–Kier alpha value is -0.870. The maximum Gasteiger partial charge on any atom is 0.175 e. The van der Waals surface area contributed by atoms with E-state index in [0.29, 0.717) is 10.5 Å². The molecule has 0 aliphatic carbocycles. The third kappa shape index (κ3) is 2.79. The van der Waals surface area contributed by atoms with Gasteiger partial charge in [0.15, 0.2) is 9.84 Å². The Balaban J connectivity index is 3.31. The second kappa shape index (κ2) is 4.33. The van der Waals surface area contributed by atoms with Crippen molar-refractivity contribution in [1.29, 1.82) is 0 Å². The molecule has 0 amide bonds. The molecule has 0 radical (unpaired) electrons. The molecule has 2 atom stereocenters. The van der Waals surface area contributed by atoms with Gasteiger partial charge in [-0.25, -0.2) is 8.42 Å². The first kappa shape index (κ1) is 12.2. The summed E-state index contributed by atoms with van der Waals surface area (Å²) in [5.74, 6) is -0.184. The average molecular weight is 228 g/mol. The summed E-state index contributed by atoms with van der Waals surface area (Å²) in [7, 11) is -3.22. The third-order valence-electron chi connectivity index (χ3n) is 2.53. The van der Waals surface area contributed by atoms with E-state index in [2.05, 4.69) is 0 Å². The van der Waals surface area contributed by atoms with Crippen LogP contribution in [0.15, 0.2) is 29.2 Å². The number of aliphatic hydroxyl groups excluding tert-OH is 1. The molecule has 4 heteroatoms. The zero-order valence-electron chi connectivity index (χ0n) is 9.14. The molecule has 0 aliphatic rings. The fourth-order valence-corrected chi connectivity index (χ4v) is 2.46. The van der Waals surface area contributed by atoms with Crippen LogP contribution in [0.4, 0.5) is 0 Å². The maximum atomic E-state index is 11.5. The molecule has 1 aromatic carbocycles. The van der Waals surface area contributed by atoms with Gasteiger partial charge in [-0.15, -0.1) is 0 Å². The number of aliphatic hydroxyl groups is 1. The highest BCUT2D eigenvalue weighted by Crippen LogP contribution is 2.26. The van der Waals surface area contributed by atoms with Gasteiger partial charge in [0.05, 0.1) is 11.0 Å². The fraction of sp³-hybridized carbons (Fsp3) is 0.455. The summed E-state index contributed by atoms with van der Waals surface area (Å²) < 4.78 is 23.0. The smallest absolute Gasteiger partial charge is 0.175 e. The largest absolute Gasteiger partial charge is 0.393 e. The molecule has 0 saturated heterocycles. The summed E-state index contributed by atoms with van der Waals surface area (Å²) in [4.78, 5) is 0.304. The summed E-state index contributed by atoms with van der Waals surface area (Å²) in [5, 5.41) is 9.47. The fourth-order valence-electron chi connectivity index (χ4n) is 1.45. The number of hydrogen-bond acceptors (Lipinski definition) is 3. The van der Waals surface area contributed by atoms with Crippen LogP contribution >= 0.6 is 0 Å². The molecular weight excluding hydrogens is 212 g/mol. The highest BCUT2D eigenvalue weighted by atomic mass is 32.2. The highest BCUT2D eigenvalue weighted by Gasteiger charge is 2.19. The monoisotopic (exact) mass is 228 g/mol. The first-order valence-corrected chi connectivity index (χ1v) is 6.70. The summed E-state index contributed by atoms with van der Waals surface area (Å²) in [6.07, 6.45) is 0.619. The van der Waals surface area contributed by atoms with Crippen LogP contribution < -0.4 is 0 Å². The van der Waals surface area contributed by atoms with Gasteiger partial charge in [-0.2, -0.15) is 0 Å². The highest BCUT2D eigenvalue weighted by molar-refractivity contribution is 7.90. The van der Waals surface area contributed by atoms with Gasteiger partial charge in [-0.05, 0) is 18.6 Å². The van der Waals surface area contributed by atoms with Crippen LogP contribution in [-0.4, -0.2) is 25.9 Å². The topological polar surface area (TPSA) is 54.4 Å². The van der Waals surface area contributed by atoms with Crippen molar-refractivity contribution in [2.24, 2.45) is 0 Å². The standard InChI is InChI=1S/C11H16O3S/c1-8(9(2)12)10-6-4-5-7-11(10)15(3,13)14/h4-9,12H,1-3H3. The number of benzene rings is 1. The lowest BCUT2D eigenvalue weighted by atomic mass is 9.96. The van der Waals surface area contributed by atoms with Crippen LogP contribution in [0.25, 0.3) is 0 Å². The number of sulfone groups is 1. The van der Waals surface area contributed by atoms with Gasteiger partial charge in [-0.3, -0.25) is 0 Å². The summed E-state index contributed by atoms with van der Waals surface area (Å²) in [6, 6.07) is 6.79. The second-order valence-electron chi connectivity index (χ2n) is 3.84. The van der Waals surface area contributed by atoms with E-state index >= 15 is 0 Å². The van der Waals surface area contributed by atoms with Gasteiger partial charge in [0, 0.05) is 12.2 Å². The molecule has 3 nitrogen and oxygen atoms in total. The minimum Gasteiger partial charge on any atom is -0.393 e. The first-order valence-electron chi connectivity index (χ1n) is 4.81. The van der Waals surface area contributed by atoms with Crippen molar-refractivity contribution in [3.05, 3.63) is 29.8 Å². The van der Waals surface area contributed by atoms with Gasteiger partial charge >= 0.3 is 0 Å². The molecule has 0 aliphatic heterocycles. The van der Waals surface area contributed by atoms with Gasteiger partial charge in [0.1, 0.15) is 0 Å². The first-order chi connectivity index (χ1) is 6.84. The van der Waals surface area contributed by atoms with E-state index in [-0.39, 0.29) is 5.92 Å². The van der Waals surface area contributed by atoms with E-state index in [4.69, 9.17) is 0 Å². The molecule has 0 spiro atoms. The predicted molar refractivity (Wildman–Crippen MR) is 59.6 cm³/mol. The normalized spacial score (nSPS) is 16.0. The van der Waals surface area contributed by atoms with Gasteiger partial charge in [-0.1, -0.05) is 25.1 Å². The zero-order valence-corrected chi connectivity index (χ0v) is 9.95. The van der Waals surface area contributed by atoms with E-state index in [1.807, 2.05) is 6.92 Å². The Kier molecular flexibility index (Phi) is 3.52. The average Bonchev–Trinajstić information content (AvgIpc) is 2.15. The van der Waals surface area contributed by atoms with Crippen molar-refractivity contribution in [2.75, 3.05) is 6.26 Å². The molecule has 1 rings (SSSR count). The molecule has 2 unspecified atom stereocenters. The number of hydrogen-bond donors (Lipinski definition) is 1. The van der Waals surface area contributed by atoms with E-state index in [9.17, 15) is 13.5 Å². The lowest BCUT2D eigenvalue weighted by molar-refractivity contribution is 0.168. The molecule has 15 heavy (non-hydrogen) atoms. The summed E-state index contributed by atoms with van der Waals surface area (Å²) in [5.41, 5.74) is 0.676. The van der Waals surface area contributed by atoms with E-state index < -0.39 is 15.9 Å². The molecule has 0 saturated carbocycles. The molecule has 0 heterocycles. The van der Waals surface area contributed by atoms with Crippen molar-refractivity contribution in [1.82, 2.24) is 0 Å². The van der Waals surface area contributed by atoms with Crippen molar-refractivity contribution >= 4 is 9.84 Å². The van der Waals surface area contributed by atoms with Gasteiger partial charge in [0.25, 0.3) is 0 Å². The van der Waals surface area contributed by atoms with E-state index in [0.717, 1.165) is 0 Å². The SMILES string of the molecule is CC(O)C(C)c1ccccc1S(C)(=O)=O. The van der Waals surface area contributed by atoms with Crippen LogP contribution in [0.1, 0.15) is 25.3 Å². The van der Waals surface area contributed by atoms with Gasteiger partial charge < -0.3 is 5.11 Å². The van der Waals surface area contributed by atoms with E-state index in [1.54, 1.807) is 31.2 Å². The predicted octanol–water partition coefficient (Wildman–Crippen LogP) is 1.57. The summed E-state index contributed by atoms with van der Waals surface area (Å²) >= 11 is 0. The Morgan fingerprint density at radius 1 is 1.20 bits per heavy atom. The molecule has 1 aromatic rings. The van der Waals surface area contributed by atoms with Crippen LogP contribution in [0, 0.1) is 0 Å². The van der Waals surface area contributed by atoms with Crippen LogP contribution in [0.2, 0.25) is 0 Å². The van der Waals surface area contributed by atoms with Crippen LogP contribution in [0.5, 0.6) is 0 Å². The second-order valence-corrected chi connectivity index (χ2v) is 5.82. The number of rotatable bonds is 3. The lowest BCUT2D eigenvalue weighted by Crippen LogP contribution is -2.14. The Bertz CT molecular complexity index is 435. The van der Waals surface area contributed by atoms with Gasteiger partial charge in [0.2, 0.25) is 0 Å². The minimum absolute atomic E-state index is 0.184. The minimum atomic E-state index is -3.22. The maximum absolute atomic E-state index is 11.5. The van der Waals surface area contributed by atoms with Crippen molar-refractivity contribution in [2.45, 2.75) is 30.8 Å². The molecule has 0 fully saturated rings. The Morgan fingerprint density at radius 2 is 1.73 bits per heavy atom. The van der Waals surface area contributed by atoms with Crippen LogP contribution in [-0.2, 0) is 9.84 Å². The lowest BCUT2D eigenvalue weighted by Gasteiger charge is -2.17. The Labute approximate surface area is 90.7 Å². The zero-order chi connectivity index (χ0) is 11.6. The Morgan fingerprint density at radius 3 is 2.20 bits per heavy atom. The van der Waals surface area contributed by atoms with Crippen molar-refractivity contribution in [3.63, 3.8) is 0 Å². The molecular formula is C11H16O3S. The van der Waals surface area contributed by atoms with Crippen molar-refractivity contribution in [3.8, 4) is 0 Å². The van der Waals surface area contributed by atoms with Crippen molar-refractivity contribution < 1.29 is 13.5 Å². The van der Waals surface area contributed by atoms with E-state index in [1.165, 1.54) is 6.26 Å². The van der Waals surface area contributed by atoms with Crippen LogP contribution in [0.3, 0.4) is 0 Å². The molecule has 0 bridgehead atoms. The molecule has 1 N–H and O–H groups in total. The third-order valence-corrected chi connectivity index (χ3v) is 3.70. The quantitative estimate of drug-likeness (QED) is 0.854.